The highest BCUT2D eigenvalue weighted by molar-refractivity contribution is 7.18. The highest BCUT2D eigenvalue weighted by Crippen LogP contribution is 2.33. The van der Waals surface area contributed by atoms with Gasteiger partial charge in [-0.25, -0.2) is 14.6 Å². The molecule has 0 amide bonds. The minimum atomic E-state index is 0.665. The van der Waals surface area contributed by atoms with Crippen LogP contribution in [0.4, 0.5) is 5.82 Å². The molecule has 0 unspecified atom stereocenters. The third-order valence-corrected chi connectivity index (χ3v) is 6.55. The molecule has 6 nitrogen and oxygen atoms in total. The van der Waals surface area contributed by atoms with Gasteiger partial charge < -0.3 is 5.32 Å². The van der Waals surface area contributed by atoms with Gasteiger partial charge in [0.05, 0.1) is 23.8 Å². The summed E-state index contributed by atoms with van der Waals surface area (Å²) in [7, 11) is 0. The molecular weight excluding hydrogens is 392 g/mol. The first-order valence-corrected chi connectivity index (χ1v) is 11.2. The van der Waals surface area contributed by atoms with Crippen LogP contribution in [0.5, 0.6) is 0 Å². The van der Waals surface area contributed by atoms with Crippen LogP contribution in [0.2, 0.25) is 0 Å². The van der Waals surface area contributed by atoms with Gasteiger partial charge in [-0.3, -0.25) is 4.90 Å². The molecule has 30 heavy (non-hydrogen) atoms. The Morgan fingerprint density at radius 3 is 2.57 bits per heavy atom. The maximum atomic E-state index is 4.91. The molecule has 156 valence electrons. The van der Waals surface area contributed by atoms with Crippen LogP contribution in [0, 0.1) is 13.8 Å². The highest BCUT2D eigenvalue weighted by Gasteiger charge is 2.16. The van der Waals surface area contributed by atoms with Gasteiger partial charge in [0, 0.05) is 23.2 Å². The minimum absolute atomic E-state index is 0.665. The van der Waals surface area contributed by atoms with Gasteiger partial charge in [0.2, 0.25) is 0 Å². The maximum absolute atomic E-state index is 4.91. The molecular formula is C23H28N6S. The van der Waals surface area contributed by atoms with Crippen molar-refractivity contribution in [3.8, 4) is 5.69 Å². The second kappa shape index (κ2) is 8.93. The molecule has 7 heteroatoms. The summed E-state index contributed by atoms with van der Waals surface area (Å²) in [6.45, 7) is 12.1. The normalized spacial score (nSPS) is 11.5. The molecule has 4 rings (SSSR count). The number of aromatic nitrogens is 4. The summed E-state index contributed by atoms with van der Waals surface area (Å²) in [5.41, 5.74) is 3.42. The second-order valence-corrected chi connectivity index (χ2v) is 8.60. The fourth-order valence-electron chi connectivity index (χ4n) is 3.50. The molecule has 0 saturated heterocycles. The molecule has 3 aromatic heterocycles. The molecule has 0 aliphatic carbocycles. The standard InChI is InChI=1S/C23H28N6S/c1-5-28(6-2)15-20-26-22(21-16(3)17(4)30-23(21)27-20)24-12-18-13-25-29(14-18)19-10-8-7-9-11-19/h7-11,13-14H,5-6,12,15H2,1-4H3,(H,24,26,27). The lowest BCUT2D eigenvalue weighted by Gasteiger charge is -2.17. The number of hydrogen-bond acceptors (Lipinski definition) is 6. The van der Waals surface area contributed by atoms with Gasteiger partial charge in [-0.1, -0.05) is 32.0 Å². The van der Waals surface area contributed by atoms with E-state index in [4.69, 9.17) is 9.97 Å². The molecule has 0 saturated carbocycles. The number of anilines is 1. The number of rotatable bonds is 8. The predicted octanol–water partition coefficient (Wildman–Crippen LogP) is 4.95. The van der Waals surface area contributed by atoms with Crippen LogP contribution in [0.3, 0.4) is 0 Å². The molecule has 3 heterocycles. The molecule has 0 spiro atoms. The van der Waals surface area contributed by atoms with Gasteiger partial charge in [0.15, 0.2) is 0 Å². The molecule has 0 aliphatic rings. The Balaban J connectivity index is 1.60. The molecule has 0 bridgehead atoms. The van der Waals surface area contributed by atoms with Gasteiger partial charge in [-0.2, -0.15) is 5.10 Å². The van der Waals surface area contributed by atoms with E-state index in [0.29, 0.717) is 6.54 Å². The number of nitrogens with zero attached hydrogens (tertiary/aromatic N) is 5. The minimum Gasteiger partial charge on any atom is -0.365 e. The van der Waals surface area contributed by atoms with Gasteiger partial charge in [-0.15, -0.1) is 11.3 Å². The molecule has 0 atom stereocenters. The van der Waals surface area contributed by atoms with Crippen LogP contribution in [0.15, 0.2) is 42.7 Å². The Morgan fingerprint density at radius 1 is 1.07 bits per heavy atom. The smallest absolute Gasteiger partial charge is 0.146 e. The predicted molar refractivity (Wildman–Crippen MR) is 124 cm³/mol. The second-order valence-electron chi connectivity index (χ2n) is 7.40. The molecule has 4 aromatic rings. The Morgan fingerprint density at radius 2 is 1.83 bits per heavy atom. The molecule has 0 radical (unpaired) electrons. The maximum Gasteiger partial charge on any atom is 0.146 e. The van der Waals surface area contributed by atoms with Crippen molar-refractivity contribution in [2.24, 2.45) is 0 Å². The van der Waals surface area contributed by atoms with Gasteiger partial charge in [0.1, 0.15) is 16.5 Å². The number of fused-ring (bicyclic) bond motifs is 1. The molecule has 1 N–H and O–H groups in total. The van der Waals surface area contributed by atoms with E-state index in [-0.39, 0.29) is 0 Å². The van der Waals surface area contributed by atoms with Crippen molar-refractivity contribution in [2.75, 3.05) is 18.4 Å². The Bertz CT molecular complexity index is 1130. The highest BCUT2D eigenvalue weighted by atomic mass is 32.1. The first-order valence-electron chi connectivity index (χ1n) is 10.4. The van der Waals surface area contributed by atoms with Crippen molar-refractivity contribution in [2.45, 2.75) is 40.8 Å². The van der Waals surface area contributed by atoms with Gasteiger partial charge in [0.25, 0.3) is 0 Å². The van der Waals surface area contributed by atoms with Crippen LogP contribution in [-0.4, -0.2) is 37.7 Å². The van der Waals surface area contributed by atoms with E-state index < -0.39 is 0 Å². The average Bonchev–Trinajstić information content (AvgIpc) is 3.35. The Hall–Kier alpha value is -2.77. The lowest BCUT2D eigenvalue weighted by molar-refractivity contribution is 0.289. The quantitative estimate of drug-likeness (QED) is 0.437. The van der Waals surface area contributed by atoms with Crippen LogP contribution in [-0.2, 0) is 13.1 Å². The number of hydrogen-bond donors (Lipinski definition) is 1. The Labute approximate surface area is 181 Å². The van der Waals surface area contributed by atoms with Crippen LogP contribution in [0.25, 0.3) is 15.9 Å². The monoisotopic (exact) mass is 420 g/mol. The molecule has 0 aliphatic heterocycles. The number of benzene rings is 1. The third kappa shape index (κ3) is 4.22. The lowest BCUT2D eigenvalue weighted by Crippen LogP contribution is -2.23. The fourth-order valence-corrected chi connectivity index (χ4v) is 4.55. The summed E-state index contributed by atoms with van der Waals surface area (Å²) in [4.78, 5) is 14.5. The SMILES string of the molecule is CCN(CC)Cc1nc(NCc2cnn(-c3ccccc3)c2)c2c(C)c(C)sc2n1. The van der Waals surface area contributed by atoms with E-state index >= 15 is 0 Å². The number of nitrogens with one attached hydrogen (secondary N) is 1. The van der Waals surface area contributed by atoms with E-state index in [1.165, 1.54) is 10.4 Å². The van der Waals surface area contributed by atoms with Crippen molar-refractivity contribution in [3.63, 3.8) is 0 Å². The average molecular weight is 421 g/mol. The van der Waals surface area contributed by atoms with Crippen molar-refractivity contribution < 1.29 is 0 Å². The summed E-state index contributed by atoms with van der Waals surface area (Å²) in [6, 6.07) is 10.2. The van der Waals surface area contributed by atoms with E-state index in [2.05, 4.69) is 61.3 Å². The Kier molecular flexibility index (Phi) is 6.11. The zero-order chi connectivity index (χ0) is 21.1. The number of thiophene rings is 1. The first kappa shape index (κ1) is 20.5. The van der Waals surface area contributed by atoms with Gasteiger partial charge in [-0.05, 0) is 44.6 Å². The van der Waals surface area contributed by atoms with Crippen LogP contribution >= 0.6 is 11.3 Å². The van der Waals surface area contributed by atoms with E-state index in [1.54, 1.807) is 11.3 Å². The van der Waals surface area contributed by atoms with Crippen molar-refractivity contribution in [3.05, 3.63) is 64.6 Å². The van der Waals surface area contributed by atoms with E-state index in [9.17, 15) is 0 Å². The lowest BCUT2D eigenvalue weighted by atomic mass is 10.2. The molecule has 0 fully saturated rings. The van der Waals surface area contributed by atoms with Gasteiger partial charge >= 0.3 is 0 Å². The van der Waals surface area contributed by atoms with E-state index in [0.717, 1.165) is 52.7 Å². The summed E-state index contributed by atoms with van der Waals surface area (Å²) in [6.07, 6.45) is 3.96. The molecule has 1 aromatic carbocycles. The summed E-state index contributed by atoms with van der Waals surface area (Å²) in [5.74, 6) is 1.78. The van der Waals surface area contributed by atoms with E-state index in [1.807, 2.05) is 29.1 Å². The van der Waals surface area contributed by atoms with Crippen molar-refractivity contribution in [1.82, 2.24) is 24.6 Å². The summed E-state index contributed by atoms with van der Waals surface area (Å²) in [5, 5.41) is 9.19. The zero-order valence-electron chi connectivity index (χ0n) is 18.0. The van der Waals surface area contributed by atoms with Crippen LogP contribution < -0.4 is 5.32 Å². The third-order valence-electron chi connectivity index (χ3n) is 5.45. The van der Waals surface area contributed by atoms with Crippen molar-refractivity contribution in [1.29, 1.82) is 0 Å². The topological polar surface area (TPSA) is 58.9 Å². The van der Waals surface area contributed by atoms with Crippen molar-refractivity contribution >= 4 is 27.4 Å². The summed E-state index contributed by atoms with van der Waals surface area (Å²) >= 11 is 1.75. The zero-order valence-corrected chi connectivity index (χ0v) is 18.8. The fraction of sp³-hybridized carbons (Fsp3) is 0.348. The number of para-hydroxylation sites is 1. The largest absolute Gasteiger partial charge is 0.365 e. The number of aryl methyl sites for hydroxylation is 2. The summed E-state index contributed by atoms with van der Waals surface area (Å²) < 4.78 is 1.90. The first-order chi connectivity index (χ1) is 14.6. The van der Waals surface area contributed by atoms with Crippen LogP contribution in [0.1, 0.15) is 35.7 Å².